The molecular formula is C18H13N3O3. The van der Waals surface area contributed by atoms with Gasteiger partial charge < -0.3 is 14.1 Å². The topological polar surface area (TPSA) is 81.0 Å². The van der Waals surface area contributed by atoms with E-state index in [1.165, 1.54) is 0 Å². The lowest BCUT2D eigenvalue weighted by Crippen LogP contribution is -2.01. The highest BCUT2D eigenvalue weighted by Crippen LogP contribution is 2.27. The molecule has 2 heterocycles. The van der Waals surface area contributed by atoms with Crippen molar-refractivity contribution in [1.29, 1.82) is 0 Å². The van der Waals surface area contributed by atoms with Crippen LogP contribution in [0.4, 0.5) is 0 Å². The van der Waals surface area contributed by atoms with E-state index in [1.54, 1.807) is 37.6 Å². The molecule has 0 fully saturated rings. The highest BCUT2D eigenvalue weighted by molar-refractivity contribution is 6.06. The zero-order chi connectivity index (χ0) is 16.5. The molecule has 4 rings (SSSR count). The Kier molecular flexibility index (Phi) is 3.35. The number of fused-ring (bicyclic) bond motifs is 1. The number of aromatic amines is 1. The van der Waals surface area contributed by atoms with Gasteiger partial charge in [0.1, 0.15) is 5.75 Å². The molecule has 1 N–H and O–H groups in total. The number of H-pyrrole nitrogens is 1. The number of hydrogen-bond donors (Lipinski definition) is 1. The molecule has 4 aromatic rings. The third kappa shape index (κ3) is 2.34. The smallest absolute Gasteiger partial charge is 0.289 e. The maximum atomic E-state index is 12.4. The van der Waals surface area contributed by atoms with Gasteiger partial charge in [-0.15, -0.1) is 10.2 Å². The number of rotatable bonds is 4. The summed E-state index contributed by atoms with van der Waals surface area (Å²) in [6.07, 6.45) is 1.79. The quantitative estimate of drug-likeness (QED) is 0.583. The van der Waals surface area contributed by atoms with Crippen molar-refractivity contribution in [3.8, 4) is 17.2 Å². The predicted molar refractivity (Wildman–Crippen MR) is 88.0 cm³/mol. The van der Waals surface area contributed by atoms with Crippen LogP contribution in [0.5, 0.6) is 5.75 Å². The number of hydrogen-bond acceptors (Lipinski definition) is 5. The molecule has 0 saturated heterocycles. The van der Waals surface area contributed by atoms with Gasteiger partial charge in [0.05, 0.1) is 12.7 Å². The molecule has 0 aliphatic heterocycles. The van der Waals surface area contributed by atoms with Gasteiger partial charge in [0.15, 0.2) is 0 Å². The minimum Gasteiger partial charge on any atom is -0.497 e. The number of aromatic nitrogens is 3. The minimum absolute atomic E-state index is 0.0413. The second kappa shape index (κ2) is 5.66. The molecule has 118 valence electrons. The van der Waals surface area contributed by atoms with E-state index in [0.29, 0.717) is 17.2 Å². The van der Waals surface area contributed by atoms with Gasteiger partial charge >= 0.3 is 0 Å². The zero-order valence-corrected chi connectivity index (χ0v) is 12.8. The summed E-state index contributed by atoms with van der Waals surface area (Å²) in [6.45, 7) is 0. The predicted octanol–water partition coefficient (Wildman–Crippen LogP) is 3.46. The number of carbonyl (C=O) groups is 1. The summed E-state index contributed by atoms with van der Waals surface area (Å²) in [5.74, 6) is 0.623. The molecule has 0 bridgehead atoms. The zero-order valence-electron chi connectivity index (χ0n) is 12.8. The van der Waals surface area contributed by atoms with E-state index in [0.717, 1.165) is 16.5 Å². The summed E-state index contributed by atoms with van der Waals surface area (Å²) in [5.41, 5.74) is 2.20. The molecule has 0 atom stereocenters. The molecule has 0 unspecified atom stereocenters. The summed E-state index contributed by atoms with van der Waals surface area (Å²) in [6, 6.07) is 14.5. The van der Waals surface area contributed by atoms with Gasteiger partial charge in [-0.05, 0) is 30.3 Å². The molecular weight excluding hydrogens is 306 g/mol. The first kappa shape index (κ1) is 14.2. The largest absolute Gasteiger partial charge is 0.497 e. The molecule has 6 nitrogen and oxygen atoms in total. The minimum atomic E-state index is -0.323. The van der Waals surface area contributed by atoms with Crippen molar-refractivity contribution in [3.63, 3.8) is 0 Å². The fourth-order valence-electron chi connectivity index (χ4n) is 2.54. The molecule has 0 saturated carbocycles. The summed E-state index contributed by atoms with van der Waals surface area (Å²) in [5, 5.41) is 8.86. The van der Waals surface area contributed by atoms with Crippen molar-refractivity contribution >= 4 is 16.7 Å². The normalized spacial score (nSPS) is 10.9. The van der Waals surface area contributed by atoms with Crippen LogP contribution in [0.25, 0.3) is 22.4 Å². The molecule has 2 aromatic carbocycles. The van der Waals surface area contributed by atoms with Crippen LogP contribution in [-0.4, -0.2) is 28.1 Å². The molecule has 0 aliphatic rings. The summed E-state index contributed by atoms with van der Waals surface area (Å²) in [4.78, 5) is 15.6. The van der Waals surface area contributed by atoms with Crippen LogP contribution >= 0.6 is 0 Å². The van der Waals surface area contributed by atoms with Crippen molar-refractivity contribution in [3.05, 3.63) is 66.2 Å². The van der Waals surface area contributed by atoms with E-state index in [2.05, 4.69) is 15.2 Å². The van der Waals surface area contributed by atoms with E-state index in [-0.39, 0.29) is 11.7 Å². The van der Waals surface area contributed by atoms with Crippen molar-refractivity contribution < 1.29 is 13.9 Å². The monoisotopic (exact) mass is 319 g/mol. The molecule has 0 aliphatic carbocycles. The first-order chi connectivity index (χ1) is 11.8. The Morgan fingerprint density at radius 2 is 1.88 bits per heavy atom. The fourth-order valence-corrected chi connectivity index (χ4v) is 2.54. The number of nitrogens with zero attached hydrogens (tertiary/aromatic N) is 2. The number of para-hydroxylation sites is 1. The fraction of sp³-hybridized carbons (Fsp3) is 0.0556. The molecule has 0 amide bonds. The van der Waals surface area contributed by atoms with E-state index >= 15 is 0 Å². The van der Waals surface area contributed by atoms with Crippen molar-refractivity contribution in [1.82, 2.24) is 15.2 Å². The Balaban J connectivity index is 1.68. The Morgan fingerprint density at radius 1 is 1.08 bits per heavy atom. The number of nitrogens with one attached hydrogen (secondary N) is 1. The van der Waals surface area contributed by atoms with E-state index in [9.17, 15) is 4.79 Å². The Bertz CT molecular complexity index is 1020. The third-order valence-corrected chi connectivity index (χ3v) is 3.79. The lowest BCUT2D eigenvalue weighted by Gasteiger charge is -2.00. The van der Waals surface area contributed by atoms with Crippen molar-refractivity contribution in [2.24, 2.45) is 0 Å². The first-order valence-corrected chi connectivity index (χ1v) is 7.35. The van der Waals surface area contributed by atoms with Crippen LogP contribution in [0.2, 0.25) is 0 Å². The number of methoxy groups -OCH3 is 1. The molecule has 2 aromatic heterocycles. The molecule has 24 heavy (non-hydrogen) atoms. The number of carbonyl (C=O) groups excluding carboxylic acids is 1. The van der Waals surface area contributed by atoms with Crippen LogP contribution in [-0.2, 0) is 0 Å². The highest BCUT2D eigenvalue weighted by Gasteiger charge is 2.19. The van der Waals surface area contributed by atoms with Crippen LogP contribution in [0.1, 0.15) is 16.2 Å². The summed E-state index contributed by atoms with van der Waals surface area (Å²) >= 11 is 0. The SMILES string of the molecule is COc1ccc(C(=O)c2nnc(-c3c[nH]c4ccccc34)o2)cc1. The second-order valence-electron chi connectivity index (χ2n) is 5.22. The van der Waals surface area contributed by atoms with Gasteiger partial charge in [0.2, 0.25) is 11.7 Å². The lowest BCUT2D eigenvalue weighted by atomic mass is 10.1. The molecule has 0 spiro atoms. The average Bonchev–Trinajstić information content (AvgIpc) is 3.28. The van der Waals surface area contributed by atoms with Gasteiger partial charge in [0.25, 0.3) is 5.89 Å². The van der Waals surface area contributed by atoms with Gasteiger partial charge in [-0.2, -0.15) is 0 Å². The van der Waals surface area contributed by atoms with Gasteiger partial charge in [-0.3, -0.25) is 4.79 Å². The van der Waals surface area contributed by atoms with Crippen LogP contribution in [0, 0.1) is 0 Å². The molecule has 6 heteroatoms. The Hall–Kier alpha value is -3.41. The third-order valence-electron chi connectivity index (χ3n) is 3.79. The summed E-state index contributed by atoms with van der Waals surface area (Å²) in [7, 11) is 1.57. The highest BCUT2D eigenvalue weighted by atomic mass is 16.5. The Morgan fingerprint density at radius 3 is 2.67 bits per heavy atom. The Labute approximate surface area is 137 Å². The number of ether oxygens (including phenoxy) is 1. The van der Waals surface area contributed by atoms with Crippen molar-refractivity contribution in [2.45, 2.75) is 0 Å². The number of ketones is 1. The lowest BCUT2D eigenvalue weighted by molar-refractivity contribution is 0.100. The van der Waals surface area contributed by atoms with Gasteiger partial charge in [-0.25, -0.2) is 0 Å². The van der Waals surface area contributed by atoms with E-state index < -0.39 is 0 Å². The van der Waals surface area contributed by atoms with Crippen LogP contribution < -0.4 is 4.74 Å². The van der Waals surface area contributed by atoms with Gasteiger partial charge in [0, 0.05) is 22.7 Å². The average molecular weight is 319 g/mol. The van der Waals surface area contributed by atoms with Crippen LogP contribution in [0.15, 0.2) is 59.1 Å². The summed E-state index contributed by atoms with van der Waals surface area (Å²) < 4.78 is 10.7. The van der Waals surface area contributed by atoms with Crippen LogP contribution in [0.3, 0.4) is 0 Å². The second-order valence-corrected chi connectivity index (χ2v) is 5.22. The number of benzene rings is 2. The first-order valence-electron chi connectivity index (χ1n) is 7.35. The van der Waals surface area contributed by atoms with E-state index in [4.69, 9.17) is 9.15 Å². The van der Waals surface area contributed by atoms with E-state index in [1.807, 2.05) is 24.3 Å². The molecule has 0 radical (unpaired) electrons. The maximum Gasteiger partial charge on any atom is 0.289 e. The maximum absolute atomic E-state index is 12.4. The van der Waals surface area contributed by atoms with Crippen molar-refractivity contribution in [2.75, 3.05) is 7.11 Å². The van der Waals surface area contributed by atoms with Gasteiger partial charge in [-0.1, -0.05) is 18.2 Å². The standard InChI is InChI=1S/C18H13N3O3/c1-23-12-8-6-11(7-9-12)16(22)18-21-20-17(24-18)14-10-19-15-5-3-2-4-13(14)15/h2-10,19H,1H3.